The molecule has 4 N–H and O–H groups in total. The molecular weight excluding hydrogens is 440 g/mol. The van der Waals surface area contributed by atoms with Gasteiger partial charge in [-0.05, 0) is 24.6 Å². The molecule has 0 unspecified atom stereocenters. The molecule has 1 aromatic carbocycles. The summed E-state index contributed by atoms with van der Waals surface area (Å²) in [6, 6.07) is 7.09. The van der Waals surface area contributed by atoms with Crippen molar-refractivity contribution in [3.63, 3.8) is 0 Å². The van der Waals surface area contributed by atoms with Crippen LogP contribution < -0.4 is 16.6 Å². The maximum Gasteiger partial charge on any atom is 0.355 e. The molecule has 0 bridgehead atoms. The Hall–Kier alpha value is -3.92. The normalized spacial score (nSPS) is 18.1. The Bertz CT molecular complexity index is 1430. The molecule has 0 aliphatic carbocycles. The standard InChI is InChI=1S/C24H24N4O6/c1-3-24(34-12(2)30)15-9-18-20-13(10-28(18)22(31)14(15)11-33-23(24)32)21(26-7-8-29)19-16(25)5-4-6-17(19)27-20/h4-6,9,29H,3,7-8,10-11,25H2,1-2H3,(H,26,27)/t24-/m0/s1. The molecule has 5 rings (SSSR count). The van der Waals surface area contributed by atoms with Crippen molar-refractivity contribution in [1.29, 1.82) is 0 Å². The van der Waals surface area contributed by atoms with Gasteiger partial charge in [-0.3, -0.25) is 9.59 Å². The second kappa shape index (κ2) is 7.84. The van der Waals surface area contributed by atoms with E-state index in [1.807, 2.05) is 6.07 Å². The van der Waals surface area contributed by atoms with Crippen molar-refractivity contribution >= 4 is 34.2 Å². The third-order valence-electron chi connectivity index (χ3n) is 6.45. The Kier molecular flexibility index (Phi) is 5.05. The Morgan fingerprint density at radius 3 is 2.85 bits per heavy atom. The summed E-state index contributed by atoms with van der Waals surface area (Å²) in [6.45, 7) is 3.13. The summed E-state index contributed by atoms with van der Waals surface area (Å²) >= 11 is 0. The third-order valence-corrected chi connectivity index (χ3v) is 6.45. The molecule has 0 radical (unpaired) electrons. The number of cyclic esters (lactones) is 1. The van der Waals surface area contributed by atoms with E-state index in [1.165, 1.54) is 6.92 Å². The summed E-state index contributed by atoms with van der Waals surface area (Å²) in [7, 11) is 0. The number of rotatable bonds is 5. The average Bonchev–Trinajstić information content (AvgIpc) is 3.17. The van der Waals surface area contributed by atoms with Gasteiger partial charge >= 0.3 is 11.9 Å². The van der Waals surface area contributed by atoms with Gasteiger partial charge in [0.25, 0.3) is 5.56 Å². The first-order valence-corrected chi connectivity index (χ1v) is 11.0. The van der Waals surface area contributed by atoms with E-state index in [0.717, 1.165) is 5.56 Å². The lowest BCUT2D eigenvalue weighted by atomic mass is 9.85. The highest BCUT2D eigenvalue weighted by Gasteiger charge is 2.50. The van der Waals surface area contributed by atoms with Crippen molar-refractivity contribution in [1.82, 2.24) is 9.55 Å². The number of pyridine rings is 2. The van der Waals surface area contributed by atoms with E-state index in [9.17, 15) is 19.5 Å². The lowest BCUT2D eigenvalue weighted by Crippen LogP contribution is -2.47. The minimum Gasteiger partial charge on any atom is -0.457 e. The first-order valence-electron chi connectivity index (χ1n) is 11.0. The highest BCUT2D eigenvalue weighted by molar-refractivity contribution is 6.04. The number of nitrogens with zero attached hydrogens (tertiary/aromatic N) is 2. The number of esters is 2. The van der Waals surface area contributed by atoms with Crippen LogP contribution in [0.4, 0.5) is 11.4 Å². The quantitative estimate of drug-likeness (QED) is 0.296. The number of nitrogens with two attached hydrogens (primary N) is 1. The lowest BCUT2D eigenvalue weighted by Gasteiger charge is -2.35. The summed E-state index contributed by atoms with van der Waals surface area (Å²) in [5.74, 6) is -1.35. The van der Waals surface area contributed by atoms with E-state index in [2.05, 4.69) is 5.32 Å². The van der Waals surface area contributed by atoms with Gasteiger partial charge in [-0.2, -0.15) is 0 Å². The van der Waals surface area contributed by atoms with Gasteiger partial charge in [0, 0.05) is 35.7 Å². The number of hydrogen-bond acceptors (Lipinski definition) is 9. The van der Waals surface area contributed by atoms with Crippen molar-refractivity contribution in [2.24, 2.45) is 0 Å². The predicted molar refractivity (Wildman–Crippen MR) is 124 cm³/mol. The van der Waals surface area contributed by atoms with Crippen LogP contribution in [-0.2, 0) is 37.8 Å². The molecule has 10 heteroatoms. The zero-order valence-corrected chi connectivity index (χ0v) is 18.8. The van der Waals surface area contributed by atoms with E-state index in [4.69, 9.17) is 20.2 Å². The number of aliphatic hydroxyl groups is 1. The molecule has 4 heterocycles. The first kappa shape index (κ1) is 21.9. The second-order valence-electron chi connectivity index (χ2n) is 8.37. The molecule has 0 amide bonds. The minimum absolute atomic E-state index is 0.0899. The van der Waals surface area contributed by atoms with Crippen LogP contribution in [0.3, 0.4) is 0 Å². The van der Waals surface area contributed by atoms with Gasteiger partial charge in [-0.1, -0.05) is 13.0 Å². The van der Waals surface area contributed by atoms with Crippen LogP contribution in [0.2, 0.25) is 0 Å². The first-order chi connectivity index (χ1) is 16.3. The van der Waals surface area contributed by atoms with Gasteiger partial charge in [0.2, 0.25) is 5.60 Å². The Balaban J connectivity index is 1.81. The number of aromatic nitrogens is 2. The van der Waals surface area contributed by atoms with E-state index in [-0.39, 0.29) is 43.8 Å². The van der Waals surface area contributed by atoms with E-state index in [1.54, 1.807) is 29.7 Å². The second-order valence-corrected chi connectivity index (χ2v) is 8.37. The smallest absolute Gasteiger partial charge is 0.355 e. The number of hydrogen-bond donors (Lipinski definition) is 3. The van der Waals surface area contributed by atoms with Crippen molar-refractivity contribution in [2.45, 2.75) is 39.0 Å². The number of aliphatic hydroxyl groups excluding tert-OH is 1. The molecule has 0 spiro atoms. The summed E-state index contributed by atoms with van der Waals surface area (Å²) < 4.78 is 12.3. The minimum atomic E-state index is -1.70. The largest absolute Gasteiger partial charge is 0.457 e. The fourth-order valence-electron chi connectivity index (χ4n) is 4.94. The Morgan fingerprint density at radius 1 is 1.35 bits per heavy atom. The zero-order chi connectivity index (χ0) is 24.2. The van der Waals surface area contributed by atoms with Gasteiger partial charge in [-0.15, -0.1) is 0 Å². The van der Waals surface area contributed by atoms with Crippen molar-refractivity contribution in [3.05, 3.63) is 51.3 Å². The van der Waals surface area contributed by atoms with Crippen molar-refractivity contribution in [3.8, 4) is 11.4 Å². The number of nitrogens with one attached hydrogen (secondary N) is 1. The lowest BCUT2D eigenvalue weighted by molar-refractivity contribution is -0.188. The summed E-state index contributed by atoms with van der Waals surface area (Å²) in [6.07, 6.45) is 0.110. The number of fused-ring (bicyclic) bond motifs is 5. The van der Waals surface area contributed by atoms with Crippen molar-refractivity contribution < 1.29 is 24.2 Å². The fraction of sp³-hybridized carbons (Fsp3) is 0.333. The number of anilines is 2. The van der Waals surface area contributed by atoms with Crippen LogP contribution in [0.15, 0.2) is 29.1 Å². The number of nitrogen functional groups attached to an aromatic ring is 1. The van der Waals surface area contributed by atoms with Gasteiger partial charge < -0.3 is 30.2 Å². The molecular formula is C24H24N4O6. The summed E-state index contributed by atoms with van der Waals surface area (Å²) in [5.41, 5.74) is 8.48. The molecule has 0 saturated carbocycles. The highest BCUT2D eigenvalue weighted by atomic mass is 16.6. The van der Waals surface area contributed by atoms with Gasteiger partial charge in [0.1, 0.15) is 6.61 Å². The van der Waals surface area contributed by atoms with E-state index < -0.39 is 17.5 Å². The summed E-state index contributed by atoms with van der Waals surface area (Å²) in [5, 5.41) is 13.3. The zero-order valence-electron chi connectivity index (χ0n) is 18.8. The van der Waals surface area contributed by atoms with Crippen LogP contribution in [0, 0.1) is 0 Å². The maximum absolute atomic E-state index is 13.6. The third kappa shape index (κ3) is 2.98. The Morgan fingerprint density at radius 2 is 2.15 bits per heavy atom. The van der Waals surface area contributed by atoms with E-state index >= 15 is 0 Å². The molecule has 10 nitrogen and oxygen atoms in total. The maximum atomic E-state index is 13.6. The average molecular weight is 464 g/mol. The SMILES string of the molecule is CC[C@@]1(OC(C)=O)C(=O)OCc2c1cc1n(c2=O)Cc2c-1nc1cccc(N)c1c2NCCO. The van der Waals surface area contributed by atoms with Crippen LogP contribution >= 0.6 is 0 Å². The molecule has 3 aromatic rings. The van der Waals surface area contributed by atoms with E-state index in [0.29, 0.717) is 39.2 Å². The molecule has 0 fully saturated rings. The number of benzene rings is 1. The van der Waals surface area contributed by atoms with Gasteiger partial charge in [0.15, 0.2) is 0 Å². The molecule has 2 aromatic heterocycles. The predicted octanol–water partition coefficient (Wildman–Crippen LogP) is 1.64. The van der Waals surface area contributed by atoms with Crippen LogP contribution in [0.1, 0.15) is 37.0 Å². The molecule has 34 heavy (non-hydrogen) atoms. The van der Waals surface area contributed by atoms with Crippen molar-refractivity contribution in [2.75, 3.05) is 24.2 Å². The number of carbonyl (C=O) groups is 2. The molecule has 2 aliphatic rings. The van der Waals surface area contributed by atoms with Crippen LogP contribution in [-0.4, -0.2) is 39.7 Å². The van der Waals surface area contributed by atoms with Gasteiger partial charge in [-0.25, -0.2) is 9.78 Å². The fourth-order valence-corrected chi connectivity index (χ4v) is 4.94. The monoisotopic (exact) mass is 464 g/mol. The molecule has 0 saturated heterocycles. The van der Waals surface area contributed by atoms with Crippen LogP contribution in [0.25, 0.3) is 22.3 Å². The molecule has 1 atom stereocenters. The highest BCUT2D eigenvalue weighted by Crippen LogP contribution is 2.44. The number of carbonyl (C=O) groups excluding carboxylic acids is 2. The topological polar surface area (TPSA) is 146 Å². The molecule has 2 aliphatic heterocycles. The van der Waals surface area contributed by atoms with Gasteiger partial charge in [0.05, 0.1) is 41.3 Å². The molecule has 176 valence electrons. The number of ether oxygens (including phenoxy) is 2. The summed E-state index contributed by atoms with van der Waals surface area (Å²) in [4.78, 5) is 43.1. The van der Waals surface area contributed by atoms with Crippen LogP contribution in [0.5, 0.6) is 0 Å². The Labute approximate surface area is 194 Å².